The third-order valence-corrected chi connectivity index (χ3v) is 4.46. The van der Waals surface area contributed by atoms with Crippen LogP contribution in [-0.2, 0) is 0 Å². The molecule has 3 unspecified atom stereocenters. The largest absolute Gasteiger partial charge is 0.392 e. The first-order chi connectivity index (χ1) is 8.06. The fourth-order valence-corrected chi connectivity index (χ4v) is 3.27. The zero-order chi connectivity index (χ0) is 12.4. The quantitative estimate of drug-likeness (QED) is 0.755. The third kappa shape index (κ3) is 3.25. The van der Waals surface area contributed by atoms with Crippen molar-refractivity contribution >= 4 is 11.3 Å². The van der Waals surface area contributed by atoms with Crippen LogP contribution in [0.25, 0.3) is 0 Å². The fourth-order valence-electron chi connectivity index (χ4n) is 2.31. The first kappa shape index (κ1) is 13.0. The lowest BCUT2D eigenvalue weighted by Crippen LogP contribution is -2.35. The van der Waals surface area contributed by atoms with Crippen LogP contribution in [0.4, 0.5) is 0 Å². The van der Waals surface area contributed by atoms with E-state index < -0.39 is 0 Å². The zero-order valence-corrected chi connectivity index (χ0v) is 11.5. The highest BCUT2D eigenvalue weighted by Gasteiger charge is 2.22. The number of aromatic nitrogens is 1. The van der Waals surface area contributed by atoms with E-state index in [1.807, 2.05) is 6.92 Å². The summed E-state index contributed by atoms with van der Waals surface area (Å²) >= 11 is 1.76. The first-order valence-electron chi connectivity index (χ1n) is 6.15. The van der Waals surface area contributed by atoms with Crippen LogP contribution >= 0.6 is 11.3 Å². The molecule has 0 radical (unpaired) electrons. The molecule has 1 aromatic rings. The van der Waals surface area contributed by atoms with Crippen molar-refractivity contribution in [3.05, 3.63) is 15.6 Å². The Hall–Kier alpha value is -0.490. The standard InChI is InChI=1S/C12H21N3OS/c1-7(12-8(2)15-9(3)17-12)13-5-10-4-11(16)6-14-10/h7,10-11,13-14,16H,4-6H2,1-3H3. The van der Waals surface area contributed by atoms with Crippen LogP contribution in [0.2, 0.25) is 0 Å². The molecule has 1 aromatic heterocycles. The van der Waals surface area contributed by atoms with Gasteiger partial charge in [-0.3, -0.25) is 0 Å². The molecule has 2 heterocycles. The summed E-state index contributed by atoms with van der Waals surface area (Å²) in [6.07, 6.45) is 0.671. The highest BCUT2D eigenvalue weighted by atomic mass is 32.1. The highest BCUT2D eigenvalue weighted by molar-refractivity contribution is 7.11. The Morgan fingerprint density at radius 1 is 1.59 bits per heavy atom. The average Bonchev–Trinajstić information content (AvgIpc) is 2.81. The van der Waals surface area contributed by atoms with E-state index in [1.54, 1.807) is 11.3 Å². The maximum absolute atomic E-state index is 9.43. The number of hydrogen-bond acceptors (Lipinski definition) is 5. The summed E-state index contributed by atoms with van der Waals surface area (Å²) in [5.74, 6) is 0. The fraction of sp³-hybridized carbons (Fsp3) is 0.750. The molecule has 3 atom stereocenters. The Kier molecular flexibility index (Phi) is 4.14. The minimum Gasteiger partial charge on any atom is -0.392 e. The highest BCUT2D eigenvalue weighted by Crippen LogP contribution is 2.24. The molecule has 0 spiro atoms. The van der Waals surface area contributed by atoms with E-state index in [0.29, 0.717) is 12.1 Å². The van der Waals surface area contributed by atoms with Crippen LogP contribution in [0.1, 0.15) is 35.0 Å². The Balaban J connectivity index is 1.85. The summed E-state index contributed by atoms with van der Waals surface area (Å²) in [5, 5.41) is 17.4. The van der Waals surface area contributed by atoms with Gasteiger partial charge in [-0.1, -0.05) is 0 Å². The lowest BCUT2D eigenvalue weighted by atomic mass is 10.2. The van der Waals surface area contributed by atoms with Gasteiger partial charge < -0.3 is 15.7 Å². The molecular formula is C12H21N3OS. The van der Waals surface area contributed by atoms with Crippen LogP contribution in [0.5, 0.6) is 0 Å². The number of nitrogens with zero attached hydrogens (tertiary/aromatic N) is 1. The number of aryl methyl sites for hydroxylation is 2. The Morgan fingerprint density at radius 2 is 2.35 bits per heavy atom. The van der Waals surface area contributed by atoms with Gasteiger partial charge in [-0.2, -0.15) is 0 Å². The van der Waals surface area contributed by atoms with Crippen LogP contribution in [-0.4, -0.2) is 35.3 Å². The number of thiazole rings is 1. The van der Waals surface area contributed by atoms with Crippen LogP contribution in [0.15, 0.2) is 0 Å². The van der Waals surface area contributed by atoms with Crippen LogP contribution in [0, 0.1) is 13.8 Å². The minimum absolute atomic E-state index is 0.176. The van der Waals surface area contributed by atoms with E-state index >= 15 is 0 Å². The van der Waals surface area contributed by atoms with Gasteiger partial charge in [0.05, 0.1) is 16.8 Å². The van der Waals surface area contributed by atoms with Gasteiger partial charge in [-0.25, -0.2) is 4.98 Å². The molecule has 4 nitrogen and oxygen atoms in total. The van der Waals surface area contributed by atoms with Gasteiger partial charge >= 0.3 is 0 Å². The molecule has 3 N–H and O–H groups in total. The van der Waals surface area contributed by atoms with E-state index in [0.717, 1.165) is 30.2 Å². The second-order valence-corrected chi connectivity index (χ2v) is 6.04. The molecule has 0 saturated carbocycles. The topological polar surface area (TPSA) is 57.2 Å². The molecule has 0 bridgehead atoms. The second-order valence-electron chi connectivity index (χ2n) is 4.81. The number of nitrogens with one attached hydrogen (secondary N) is 2. The van der Waals surface area contributed by atoms with Gasteiger partial charge in [0.1, 0.15) is 0 Å². The smallest absolute Gasteiger partial charge is 0.0900 e. The van der Waals surface area contributed by atoms with Gasteiger partial charge in [-0.15, -0.1) is 11.3 Å². The van der Waals surface area contributed by atoms with Crippen LogP contribution < -0.4 is 10.6 Å². The van der Waals surface area contributed by atoms with E-state index in [4.69, 9.17) is 0 Å². The van der Waals surface area contributed by atoms with Crippen molar-refractivity contribution < 1.29 is 5.11 Å². The predicted molar refractivity (Wildman–Crippen MR) is 70.4 cm³/mol. The van der Waals surface area contributed by atoms with E-state index in [2.05, 4.69) is 29.5 Å². The molecule has 1 aliphatic rings. The van der Waals surface area contributed by atoms with E-state index in [1.165, 1.54) is 4.88 Å². The lowest BCUT2D eigenvalue weighted by Gasteiger charge is -2.16. The first-order valence-corrected chi connectivity index (χ1v) is 6.96. The Bertz CT molecular complexity index is 380. The van der Waals surface area contributed by atoms with Crippen LogP contribution in [0.3, 0.4) is 0 Å². The summed E-state index contributed by atoms with van der Waals surface area (Å²) in [7, 11) is 0. The molecule has 17 heavy (non-hydrogen) atoms. The van der Waals surface area contributed by atoms with Crippen molar-refractivity contribution in [2.75, 3.05) is 13.1 Å². The maximum atomic E-state index is 9.43. The second kappa shape index (κ2) is 5.44. The molecule has 1 saturated heterocycles. The zero-order valence-electron chi connectivity index (χ0n) is 10.7. The van der Waals surface area contributed by atoms with Gasteiger partial charge in [-0.05, 0) is 27.2 Å². The monoisotopic (exact) mass is 255 g/mol. The van der Waals surface area contributed by atoms with E-state index in [9.17, 15) is 5.11 Å². The molecule has 0 amide bonds. The number of hydrogen-bond donors (Lipinski definition) is 3. The molecule has 1 aliphatic heterocycles. The lowest BCUT2D eigenvalue weighted by molar-refractivity contribution is 0.193. The van der Waals surface area contributed by atoms with Gasteiger partial charge in [0.15, 0.2) is 0 Å². The molecular weight excluding hydrogens is 234 g/mol. The molecule has 1 fully saturated rings. The van der Waals surface area contributed by atoms with Gasteiger partial charge in [0.25, 0.3) is 0 Å². The third-order valence-electron chi connectivity index (χ3n) is 3.20. The van der Waals surface area contributed by atoms with Gasteiger partial charge in [0.2, 0.25) is 0 Å². The van der Waals surface area contributed by atoms with Crippen molar-refractivity contribution in [1.82, 2.24) is 15.6 Å². The SMILES string of the molecule is Cc1nc(C)c(C(C)NCC2CC(O)CN2)s1. The van der Waals surface area contributed by atoms with Crippen molar-refractivity contribution in [2.45, 2.75) is 45.4 Å². The van der Waals surface area contributed by atoms with Gasteiger partial charge in [0, 0.05) is 30.1 Å². The Morgan fingerprint density at radius 3 is 2.88 bits per heavy atom. The Labute approximate surface area is 106 Å². The molecule has 0 aliphatic carbocycles. The molecule has 5 heteroatoms. The van der Waals surface area contributed by atoms with Crippen molar-refractivity contribution in [3.63, 3.8) is 0 Å². The normalized spacial score (nSPS) is 26.4. The summed E-state index contributed by atoms with van der Waals surface area (Å²) in [4.78, 5) is 5.77. The minimum atomic E-state index is -0.176. The molecule has 0 aromatic carbocycles. The summed E-state index contributed by atoms with van der Waals surface area (Å²) in [6.45, 7) is 7.90. The number of aliphatic hydroxyl groups excluding tert-OH is 1. The van der Waals surface area contributed by atoms with Crippen molar-refractivity contribution in [3.8, 4) is 0 Å². The average molecular weight is 255 g/mol. The summed E-state index contributed by atoms with van der Waals surface area (Å²) in [6, 6.07) is 0.725. The van der Waals surface area contributed by atoms with Crippen molar-refractivity contribution in [1.29, 1.82) is 0 Å². The predicted octanol–water partition coefficient (Wildman–Crippen LogP) is 1.13. The maximum Gasteiger partial charge on any atom is 0.0900 e. The number of aliphatic hydroxyl groups is 1. The summed E-state index contributed by atoms with van der Waals surface area (Å²) in [5.41, 5.74) is 1.13. The summed E-state index contributed by atoms with van der Waals surface area (Å²) < 4.78 is 0. The molecule has 2 rings (SSSR count). The molecule has 96 valence electrons. The van der Waals surface area contributed by atoms with Crippen molar-refractivity contribution in [2.24, 2.45) is 0 Å². The number of β-amino-alcohol motifs (C(OH)–C–C–N with tert-alkyl or cyclic N) is 1. The number of rotatable bonds is 4. The van der Waals surface area contributed by atoms with E-state index in [-0.39, 0.29) is 6.10 Å².